The molecule has 0 fully saturated rings. The van der Waals surface area contributed by atoms with Crippen molar-refractivity contribution in [3.05, 3.63) is 29.8 Å². The number of nitrogens with one attached hydrogen (secondary N) is 1. The number of thioether (sulfide) groups is 1. The van der Waals surface area contributed by atoms with E-state index in [1.807, 2.05) is 12.1 Å². The van der Waals surface area contributed by atoms with Crippen molar-refractivity contribution in [2.75, 3.05) is 18.9 Å². The molecular weight excluding hydrogens is 246 g/mol. The molecule has 0 aliphatic rings. The molecule has 102 valence electrons. The Morgan fingerprint density at radius 3 is 2.61 bits per heavy atom. The van der Waals surface area contributed by atoms with Gasteiger partial charge in [0.05, 0.1) is 12.7 Å². The van der Waals surface area contributed by atoms with Gasteiger partial charge in [0.1, 0.15) is 0 Å². The van der Waals surface area contributed by atoms with Gasteiger partial charge in [-0.05, 0) is 24.6 Å². The van der Waals surface area contributed by atoms with Crippen LogP contribution >= 0.6 is 11.8 Å². The number of benzene rings is 1. The van der Waals surface area contributed by atoms with Gasteiger partial charge in [-0.3, -0.25) is 0 Å². The third-order valence-electron chi connectivity index (χ3n) is 2.80. The molecular formula is C14H23NO2S. The smallest absolute Gasteiger partial charge is 0.0864 e. The number of aliphatic hydroxyl groups is 2. The standard InChI is InChI=1S/C14H23NO2S/c1-3-13(15-4-2)12-7-5-6-8-14(12)18-10-11(17)9-16/h5-8,11,13,15-17H,3-4,9-10H2,1-2H3. The zero-order valence-corrected chi connectivity index (χ0v) is 11.9. The van der Waals surface area contributed by atoms with E-state index < -0.39 is 6.10 Å². The molecule has 3 nitrogen and oxygen atoms in total. The Labute approximate surface area is 114 Å². The second-order valence-corrected chi connectivity index (χ2v) is 5.27. The van der Waals surface area contributed by atoms with E-state index in [1.54, 1.807) is 11.8 Å². The molecule has 1 aromatic rings. The SMILES string of the molecule is CCNC(CC)c1ccccc1SCC(O)CO. The maximum absolute atomic E-state index is 9.42. The zero-order chi connectivity index (χ0) is 13.4. The molecule has 3 N–H and O–H groups in total. The fourth-order valence-electron chi connectivity index (χ4n) is 1.86. The van der Waals surface area contributed by atoms with Crippen LogP contribution in [0.4, 0.5) is 0 Å². The van der Waals surface area contributed by atoms with Crippen LogP contribution in [0.1, 0.15) is 31.9 Å². The average molecular weight is 269 g/mol. The second kappa shape index (κ2) is 8.53. The molecule has 0 saturated heterocycles. The van der Waals surface area contributed by atoms with Crippen LogP contribution in [-0.4, -0.2) is 35.2 Å². The predicted octanol–water partition coefficient (Wildman–Crippen LogP) is 2.19. The predicted molar refractivity (Wildman–Crippen MR) is 77.0 cm³/mol. The molecule has 0 aliphatic heterocycles. The van der Waals surface area contributed by atoms with Crippen LogP contribution in [0.5, 0.6) is 0 Å². The molecule has 0 aliphatic carbocycles. The topological polar surface area (TPSA) is 52.5 Å². The molecule has 1 rings (SSSR count). The first-order valence-electron chi connectivity index (χ1n) is 6.46. The Kier molecular flexibility index (Phi) is 7.35. The van der Waals surface area contributed by atoms with Crippen molar-refractivity contribution < 1.29 is 10.2 Å². The average Bonchev–Trinajstić information content (AvgIpc) is 2.42. The first kappa shape index (κ1) is 15.5. The third kappa shape index (κ3) is 4.61. The summed E-state index contributed by atoms with van der Waals surface area (Å²) in [5.41, 5.74) is 1.27. The fraction of sp³-hybridized carbons (Fsp3) is 0.571. The quantitative estimate of drug-likeness (QED) is 0.633. The van der Waals surface area contributed by atoms with E-state index in [4.69, 9.17) is 5.11 Å². The van der Waals surface area contributed by atoms with Gasteiger partial charge in [-0.2, -0.15) is 0 Å². The number of rotatable bonds is 8. The van der Waals surface area contributed by atoms with Crippen molar-refractivity contribution in [3.63, 3.8) is 0 Å². The lowest BCUT2D eigenvalue weighted by molar-refractivity contribution is 0.113. The van der Waals surface area contributed by atoms with Gasteiger partial charge in [0.25, 0.3) is 0 Å². The Balaban J connectivity index is 2.77. The molecule has 0 spiro atoms. The lowest BCUT2D eigenvalue weighted by Crippen LogP contribution is -2.21. The summed E-state index contributed by atoms with van der Waals surface area (Å²) in [6.07, 6.45) is 0.385. The molecule has 0 saturated carbocycles. The van der Waals surface area contributed by atoms with Crippen LogP contribution in [0.15, 0.2) is 29.2 Å². The summed E-state index contributed by atoms with van der Waals surface area (Å²) < 4.78 is 0. The molecule has 0 heterocycles. The van der Waals surface area contributed by atoms with Crippen LogP contribution in [-0.2, 0) is 0 Å². The summed E-state index contributed by atoms with van der Waals surface area (Å²) in [4.78, 5) is 1.18. The summed E-state index contributed by atoms with van der Waals surface area (Å²) in [6.45, 7) is 5.03. The minimum absolute atomic E-state index is 0.181. The Morgan fingerprint density at radius 1 is 1.28 bits per heavy atom. The van der Waals surface area contributed by atoms with E-state index in [-0.39, 0.29) is 6.61 Å². The molecule has 2 unspecified atom stereocenters. The van der Waals surface area contributed by atoms with E-state index in [9.17, 15) is 5.11 Å². The van der Waals surface area contributed by atoms with Gasteiger partial charge in [0.2, 0.25) is 0 Å². The van der Waals surface area contributed by atoms with Crippen molar-refractivity contribution in [2.45, 2.75) is 37.3 Å². The Hall–Kier alpha value is -0.550. The molecule has 18 heavy (non-hydrogen) atoms. The van der Waals surface area contributed by atoms with Crippen LogP contribution in [0, 0.1) is 0 Å². The van der Waals surface area contributed by atoms with Crippen LogP contribution < -0.4 is 5.32 Å². The highest BCUT2D eigenvalue weighted by Crippen LogP contribution is 2.29. The summed E-state index contributed by atoms with van der Waals surface area (Å²) in [6, 6.07) is 8.61. The van der Waals surface area contributed by atoms with Gasteiger partial charge in [-0.1, -0.05) is 32.0 Å². The van der Waals surface area contributed by atoms with Crippen LogP contribution in [0.2, 0.25) is 0 Å². The first-order chi connectivity index (χ1) is 8.72. The van der Waals surface area contributed by atoms with Crippen molar-refractivity contribution in [1.29, 1.82) is 0 Å². The van der Waals surface area contributed by atoms with Crippen molar-refractivity contribution in [1.82, 2.24) is 5.32 Å². The summed E-state index contributed by atoms with van der Waals surface area (Å²) in [5, 5.41) is 21.7. The molecule has 4 heteroatoms. The highest BCUT2D eigenvalue weighted by atomic mass is 32.2. The normalized spacial score (nSPS) is 14.4. The lowest BCUT2D eigenvalue weighted by Gasteiger charge is -2.20. The van der Waals surface area contributed by atoms with E-state index in [0.29, 0.717) is 11.8 Å². The highest BCUT2D eigenvalue weighted by molar-refractivity contribution is 7.99. The largest absolute Gasteiger partial charge is 0.394 e. The van der Waals surface area contributed by atoms with Gasteiger partial charge in [0.15, 0.2) is 0 Å². The number of hydrogen-bond donors (Lipinski definition) is 3. The molecule has 0 amide bonds. The summed E-state index contributed by atoms with van der Waals surface area (Å²) in [5.74, 6) is 0.524. The van der Waals surface area contributed by atoms with Crippen LogP contribution in [0.25, 0.3) is 0 Å². The monoisotopic (exact) mass is 269 g/mol. The lowest BCUT2D eigenvalue weighted by atomic mass is 10.0. The highest BCUT2D eigenvalue weighted by Gasteiger charge is 2.13. The molecule has 0 aromatic heterocycles. The minimum atomic E-state index is -0.651. The molecule has 0 bridgehead atoms. The third-order valence-corrected chi connectivity index (χ3v) is 4.03. The molecule has 0 radical (unpaired) electrons. The second-order valence-electron chi connectivity index (χ2n) is 4.20. The van der Waals surface area contributed by atoms with Crippen molar-refractivity contribution in [3.8, 4) is 0 Å². The van der Waals surface area contributed by atoms with Gasteiger partial charge < -0.3 is 15.5 Å². The van der Waals surface area contributed by atoms with Crippen molar-refractivity contribution in [2.24, 2.45) is 0 Å². The Morgan fingerprint density at radius 2 is 2.00 bits per heavy atom. The first-order valence-corrected chi connectivity index (χ1v) is 7.45. The van der Waals surface area contributed by atoms with Crippen LogP contribution in [0.3, 0.4) is 0 Å². The van der Waals surface area contributed by atoms with E-state index in [1.165, 1.54) is 10.5 Å². The van der Waals surface area contributed by atoms with Gasteiger partial charge in [-0.25, -0.2) is 0 Å². The van der Waals surface area contributed by atoms with E-state index in [2.05, 4.69) is 31.3 Å². The van der Waals surface area contributed by atoms with E-state index in [0.717, 1.165) is 13.0 Å². The number of hydrogen-bond acceptors (Lipinski definition) is 4. The molecule has 2 atom stereocenters. The van der Waals surface area contributed by atoms with Crippen molar-refractivity contribution >= 4 is 11.8 Å². The maximum atomic E-state index is 9.42. The minimum Gasteiger partial charge on any atom is -0.394 e. The maximum Gasteiger partial charge on any atom is 0.0864 e. The van der Waals surface area contributed by atoms with E-state index >= 15 is 0 Å². The fourth-order valence-corrected chi connectivity index (χ4v) is 2.89. The van der Waals surface area contributed by atoms with Gasteiger partial charge in [0, 0.05) is 16.7 Å². The molecule has 1 aromatic carbocycles. The zero-order valence-electron chi connectivity index (χ0n) is 11.1. The Bertz CT molecular complexity index is 346. The van der Waals surface area contributed by atoms with Gasteiger partial charge >= 0.3 is 0 Å². The summed E-state index contributed by atoms with van der Waals surface area (Å²) >= 11 is 1.60. The number of aliphatic hydroxyl groups excluding tert-OH is 2. The van der Waals surface area contributed by atoms with Gasteiger partial charge in [-0.15, -0.1) is 11.8 Å². The summed E-state index contributed by atoms with van der Waals surface area (Å²) in [7, 11) is 0.